The Bertz CT molecular complexity index is 1360. The zero-order valence-corrected chi connectivity index (χ0v) is 17.8. The van der Waals surface area contributed by atoms with Crippen LogP contribution in [0.15, 0.2) is 77.6 Å². The van der Waals surface area contributed by atoms with Crippen molar-refractivity contribution >= 4 is 22.8 Å². The van der Waals surface area contributed by atoms with Crippen LogP contribution in [0.3, 0.4) is 0 Å². The summed E-state index contributed by atoms with van der Waals surface area (Å²) >= 11 is 0. The predicted octanol–water partition coefficient (Wildman–Crippen LogP) is 3.93. The van der Waals surface area contributed by atoms with Gasteiger partial charge >= 0.3 is 5.97 Å². The molecule has 0 saturated heterocycles. The standard InChI is InChI=1S/C26H22N2O4/c1-27-25(30)18-10-8-16(9-11-18)14-21-23(26(31)32-2)28-22-15-19(12-13-20(22)24(21)29)17-6-4-3-5-7-17/h3-13,15H,14H2,1-2H3,(H,27,30)(H,28,29). The molecule has 6 nitrogen and oxygen atoms in total. The van der Waals surface area contributed by atoms with Crippen LogP contribution >= 0.6 is 0 Å². The maximum atomic E-state index is 13.4. The summed E-state index contributed by atoms with van der Waals surface area (Å²) in [4.78, 5) is 40.7. The van der Waals surface area contributed by atoms with E-state index in [1.165, 1.54) is 7.11 Å². The quantitative estimate of drug-likeness (QED) is 0.473. The molecule has 1 heterocycles. The summed E-state index contributed by atoms with van der Waals surface area (Å²) in [6, 6.07) is 22.2. The first-order valence-electron chi connectivity index (χ1n) is 10.2. The van der Waals surface area contributed by atoms with E-state index in [4.69, 9.17) is 4.74 Å². The third-order valence-electron chi connectivity index (χ3n) is 5.42. The van der Waals surface area contributed by atoms with Crippen LogP contribution in [0.2, 0.25) is 0 Å². The number of amides is 1. The van der Waals surface area contributed by atoms with Crippen molar-refractivity contribution in [3.63, 3.8) is 0 Å². The number of H-pyrrole nitrogens is 1. The highest BCUT2D eigenvalue weighted by atomic mass is 16.5. The molecule has 4 rings (SSSR count). The molecule has 0 saturated carbocycles. The molecule has 0 bridgehead atoms. The van der Waals surface area contributed by atoms with E-state index in [0.29, 0.717) is 22.0 Å². The average Bonchev–Trinajstić information content (AvgIpc) is 2.85. The molecule has 32 heavy (non-hydrogen) atoms. The molecule has 160 valence electrons. The third-order valence-corrected chi connectivity index (χ3v) is 5.42. The molecule has 0 aliphatic heterocycles. The normalized spacial score (nSPS) is 10.7. The number of pyridine rings is 1. The molecule has 0 radical (unpaired) electrons. The lowest BCUT2D eigenvalue weighted by atomic mass is 9.98. The Morgan fingerprint density at radius 1 is 0.938 bits per heavy atom. The average molecular weight is 426 g/mol. The van der Waals surface area contributed by atoms with Crippen molar-refractivity contribution in [1.29, 1.82) is 0 Å². The highest BCUT2D eigenvalue weighted by molar-refractivity contribution is 5.95. The Morgan fingerprint density at radius 3 is 2.31 bits per heavy atom. The summed E-state index contributed by atoms with van der Waals surface area (Å²) in [7, 11) is 2.85. The SMILES string of the molecule is CNC(=O)c1ccc(Cc2c(C(=O)OC)[nH]c3cc(-c4ccccc4)ccc3c2=O)cc1. The van der Waals surface area contributed by atoms with Gasteiger partial charge in [0.25, 0.3) is 5.91 Å². The molecule has 3 aromatic carbocycles. The molecule has 1 amide bonds. The number of aromatic nitrogens is 1. The largest absolute Gasteiger partial charge is 0.464 e. The summed E-state index contributed by atoms with van der Waals surface area (Å²) in [5, 5.41) is 3.07. The van der Waals surface area contributed by atoms with Crippen LogP contribution in [0.5, 0.6) is 0 Å². The summed E-state index contributed by atoms with van der Waals surface area (Å²) < 4.78 is 4.94. The van der Waals surface area contributed by atoms with Gasteiger partial charge < -0.3 is 15.0 Å². The van der Waals surface area contributed by atoms with Crippen LogP contribution in [-0.4, -0.2) is 31.0 Å². The fourth-order valence-electron chi connectivity index (χ4n) is 3.71. The van der Waals surface area contributed by atoms with E-state index in [1.54, 1.807) is 37.4 Å². The van der Waals surface area contributed by atoms with Crippen molar-refractivity contribution in [3.8, 4) is 11.1 Å². The maximum Gasteiger partial charge on any atom is 0.354 e. The van der Waals surface area contributed by atoms with Crippen LogP contribution < -0.4 is 10.7 Å². The van der Waals surface area contributed by atoms with Gasteiger partial charge in [0.1, 0.15) is 5.69 Å². The molecule has 4 aromatic rings. The first kappa shape index (κ1) is 21.1. The van der Waals surface area contributed by atoms with Crippen LogP contribution in [0, 0.1) is 0 Å². The molecule has 0 spiro atoms. The highest BCUT2D eigenvalue weighted by Crippen LogP contribution is 2.24. The first-order valence-corrected chi connectivity index (χ1v) is 10.2. The van der Waals surface area contributed by atoms with E-state index >= 15 is 0 Å². The Morgan fingerprint density at radius 2 is 1.66 bits per heavy atom. The van der Waals surface area contributed by atoms with Gasteiger partial charge in [-0.25, -0.2) is 4.79 Å². The van der Waals surface area contributed by atoms with Crippen LogP contribution in [-0.2, 0) is 11.2 Å². The summed E-state index contributed by atoms with van der Waals surface area (Å²) in [5.41, 5.74) is 4.05. The molecule has 0 atom stereocenters. The Balaban J connectivity index is 1.81. The van der Waals surface area contributed by atoms with Gasteiger partial charge in [-0.2, -0.15) is 0 Å². The molecule has 0 aliphatic carbocycles. The molecule has 1 aromatic heterocycles. The van der Waals surface area contributed by atoms with Crippen LogP contribution in [0.4, 0.5) is 0 Å². The zero-order chi connectivity index (χ0) is 22.7. The first-order chi connectivity index (χ1) is 15.5. The lowest BCUT2D eigenvalue weighted by Gasteiger charge is -2.12. The van der Waals surface area contributed by atoms with Crippen LogP contribution in [0.1, 0.15) is 32.0 Å². The minimum Gasteiger partial charge on any atom is -0.464 e. The van der Waals surface area contributed by atoms with Crippen molar-refractivity contribution in [2.45, 2.75) is 6.42 Å². The van der Waals surface area contributed by atoms with E-state index in [1.807, 2.05) is 42.5 Å². The molecule has 0 aliphatic rings. The van der Waals surface area contributed by atoms with Crippen molar-refractivity contribution < 1.29 is 14.3 Å². The second kappa shape index (κ2) is 8.89. The van der Waals surface area contributed by atoms with Gasteiger partial charge in [0.2, 0.25) is 0 Å². The van der Waals surface area contributed by atoms with Crippen molar-refractivity contribution in [3.05, 3.63) is 105 Å². The maximum absolute atomic E-state index is 13.4. The second-order valence-electron chi connectivity index (χ2n) is 7.38. The molecule has 0 fully saturated rings. The van der Waals surface area contributed by atoms with Gasteiger partial charge in [-0.3, -0.25) is 9.59 Å². The number of hydrogen-bond acceptors (Lipinski definition) is 4. The number of aromatic amines is 1. The van der Waals surface area contributed by atoms with E-state index in [0.717, 1.165) is 16.7 Å². The zero-order valence-electron chi connectivity index (χ0n) is 17.8. The Kier molecular flexibility index (Phi) is 5.85. The predicted molar refractivity (Wildman–Crippen MR) is 124 cm³/mol. The smallest absolute Gasteiger partial charge is 0.354 e. The Labute approximate surface area is 184 Å². The summed E-state index contributed by atoms with van der Waals surface area (Å²) in [5.74, 6) is -0.796. The monoisotopic (exact) mass is 426 g/mol. The molecular weight excluding hydrogens is 404 g/mol. The summed E-state index contributed by atoms with van der Waals surface area (Å²) in [6.45, 7) is 0. The fourth-order valence-corrected chi connectivity index (χ4v) is 3.71. The number of benzene rings is 3. The number of nitrogens with one attached hydrogen (secondary N) is 2. The van der Waals surface area contributed by atoms with Gasteiger partial charge in [-0.1, -0.05) is 48.5 Å². The number of carbonyl (C=O) groups excluding carboxylic acids is 2. The topological polar surface area (TPSA) is 88.3 Å². The van der Waals surface area contributed by atoms with Gasteiger partial charge in [-0.05, 0) is 41.0 Å². The lowest BCUT2D eigenvalue weighted by Crippen LogP contribution is -2.20. The molecular formula is C26H22N2O4. The number of fused-ring (bicyclic) bond motifs is 1. The minimum absolute atomic E-state index is 0.130. The van der Waals surface area contributed by atoms with E-state index in [9.17, 15) is 14.4 Å². The summed E-state index contributed by atoms with van der Waals surface area (Å²) in [6.07, 6.45) is 0.226. The minimum atomic E-state index is -0.605. The lowest BCUT2D eigenvalue weighted by molar-refractivity contribution is 0.0593. The van der Waals surface area contributed by atoms with Gasteiger partial charge in [0, 0.05) is 30.0 Å². The fraction of sp³-hybridized carbons (Fsp3) is 0.115. The van der Waals surface area contributed by atoms with Crippen molar-refractivity contribution in [2.24, 2.45) is 0 Å². The number of ether oxygens (including phenoxy) is 1. The number of esters is 1. The van der Waals surface area contributed by atoms with E-state index in [-0.39, 0.29) is 23.5 Å². The highest BCUT2D eigenvalue weighted by Gasteiger charge is 2.19. The van der Waals surface area contributed by atoms with E-state index < -0.39 is 5.97 Å². The molecule has 0 unspecified atom stereocenters. The third kappa shape index (κ3) is 4.03. The number of rotatable bonds is 5. The van der Waals surface area contributed by atoms with Gasteiger partial charge in [0.05, 0.1) is 12.6 Å². The van der Waals surface area contributed by atoms with E-state index in [2.05, 4.69) is 10.3 Å². The van der Waals surface area contributed by atoms with Gasteiger partial charge in [-0.15, -0.1) is 0 Å². The Hall–Kier alpha value is -4.19. The van der Waals surface area contributed by atoms with Crippen molar-refractivity contribution in [1.82, 2.24) is 10.3 Å². The number of carbonyl (C=O) groups is 2. The second-order valence-corrected chi connectivity index (χ2v) is 7.38. The van der Waals surface area contributed by atoms with Crippen LogP contribution in [0.25, 0.3) is 22.0 Å². The number of methoxy groups -OCH3 is 1. The number of hydrogen-bond donors (Lipinski definition) is 2. The molecule has 6 heteroatoms. The molecule has 2 N–H and O–H groups in total. The van der Waals surface area contributed by atoms with Crippen molar-refractivity contribution in [2.75, 3.05) is 14.2 Å². The van der Waals surface area contributed by atoms with Gasteiger partial charge in [0.15, 0.2) is 5.43 Å².